The van der Waals surface area contributed by atoms with Gasteiger partial charge < -0.3 is 9.47 Å². The van der Waals surface area contributed by atoms with Crippen LogP contribution in [0.25, 0.3) is 17.0 Å². The van der Waals surface area contributed by atoms with E-state index in [-0.39, 0.29) is 6.79 Å². The normalized spacial score (nSPS) is 13.1. The van der Waals surface area contributed by atoms with E-state index >= 15 is 0 Å². The van der Waals surface area contributed by atoms with Gasteiger partial charge in [0.2, 0.25) is 6.79 Å². The van der Waals surface area contributed by atoms with E-state index < -0.39 is 0 Å². The Balaban J connectivity index is 1.91. The zero-order valence-electron chi connectivity index (χ0n) is 10.9. The Morgan fingerprint density at radius 3 is 3.00 bits per heavy atom. The van der Waals surface area contributed by atoms with Crippen LogP contribution in [0, 0.1) is 0 Å². The number of rotatable bonds is 2. The maximum atomic E-state index is 5.42. The number of fused-ring (bicyclic) bond motifs is 2. The molecule has 0 aliphatic carbocycles. The van der Waals surface area contributed by atoms with E-state index in [0.29, 0.717) is 5.78 Å². The van der Waals surface area contributed by atoms with Crippen LogP contribution >= 0.6 is 0 Å². The van der Waals surface area contributed by atoms with Crippen molar-refractivity contribution in [1.29, 1.82) is 0 Å². The lowest BCUT2D eigenvalue weighted by Gasteiger charge is -2.04. The van der Waals surface area contributed by atoms with Crippen LogP contribution in [0.4, 0.5) is 0 Å². The molecule has 20 heavy (non-hydrogen) atoms. The van der Waals surface area contributed by atoms with Gasteiger partial charge in [-0.25, -0.2) is 4.98 Å². The Morgan fingerprint density at radius 1 is 1.20 bits per heavy atom. The zero-order chi connectivity index (χ0) is 13.5. The van der Waals surface area contributed by atoms with E-state index in [0.717, 1.165) is 35.0 Å². The predicted molar refractivity (Wildman–Crippen MR) is 71.7 cm³/mol. The summed E-state index contributed by atoms with van der Waals surface area (Å²) < 4.78 is 12.5. The van der Waals surface area contributed by atoms with E-state index in [4.69, 9.17) is 9.47 Å². The van der Waals surface area contributed by atoms with Gasteiger partial charge in [0.05, 0.1) is 5.69 Å². The van der Waals surface area contributed by atoms with Crippen molar-refractivity contribution in [3.05, 3.63) is 36.3 Å². The standard InChI is InChI=1S/C14H12N4O2/c1-2-13-16-14-15-6-5-10(18(14)17-13)9-3-4-11-12(7-9)20-8-19-11/h3-7H,2,8H2,1H3. The summed E-state index contributed by atoms with van der Waals surface area (Å²) in [7, 11) is 0. The molecule has 100 valence electrons. The van der Waals surface area contributed by atoms with Crippen molar-refractivity contribution in [3.8, 4) is 22.8 Å². The number of ether oxygens (including phenoxy) is 2. The van der Waals surface area contributed by atoms with Crippen LogP contribution in [0.2, 0.25) is 0 Å². The van der Waals surface area contributed by atoms with Gasteiger partial charge >= 0.3 is 0 Å². The fourth-order valence-corrected chi connectivity index (χ4v) is 2.26. The highest BCUT2D eigenvalue weighted by molar-refractivity contribution is 5.65. The molecule has 0 fully saturated rings. The minimum Gasteiger partial charge on any atom is -0.454 e. The van der Waals surface area contributed by atoms with E-state index in [2.05, 4.69) is 15.1 Å². The molecule has 1 aliphatic rings. The lowest BCUT2D eigenvalue weighted by atomic mass is 10.1. The predicted octanol–water partition coefficient (Wildman–Crippen LogP) is 2.08. The van der Waals surface area contributed by atoms with E-state index in [1.54, 1.807) is 10.7 Å². The maximum absolute atomic E-state index is 5.42. The van der Waals surface area contributed by atoms with Crippen molar-refractivity contribution in [1.82, 2.24) is 19.6 Å². The molecule has 0 N–H and O–H groups in total. The molecular weight excluding hydrogens is 256 g/mol. The second-order valence-electron chi connectivity index (χ2n) is 4.49. The lowest BCUT2D eigenvalue weighted by Crippen LogP contribution is -1.96. The number of aromatic nitrogens is 4. The van der Waals surface area contributed by atoms with Crippen molar-refractivity contribution >= 4 is 5.78 Å². The molecule has 3 aromatic rings. The number of hydrogen-bond acceptors (Lipinski definition) is 5. The van der Waals surface area contributed by atoms with Crippen LogP contribution in [-0.4, -0.2) is 26.4 Å². The first-order chi connectivity index (χ1) is 9.85. The highest BCUT2D eigenvalue weighted by Crippen LogP contribution is 2.35. The van der Waals surface area contributed by atoms with Crippen LogP contribution in [0.1, 0.15) is 12.7 Å². The molecule has 0 amide bonds. The Hall–Kier alpha value is -2.63. The molecule has 0 unspecified atom stereocenters. The third-order valence-corrected chi connectivity index (χ3v) is 3.27. The zero-order valence-corrected chi connectivity index (χ0v) is 10.9. The second-order valence-corrected chi connectivity index (χ2v) is 4.49. The molecule has 0 bridgehead atoms. The monoisotopic (exact) mass is 268 g/mol. The van der Waals surface area contributed by atoms with Gasteiger partial charge in [0, 0.05) is 18.2 Å². The molecule has 6 heteroatoms. The van der Waals surface area contributed by atoms with Crippen LogP contribution in [-0.2, 0) is 6.42 Å². The molecule has 1 aliphatic heterocycles. The average Bonchev–Trinajstić information content (AvgIpc) is 3.11. The highest BCUT2D eigenvalue weighted by Gasteiger charge is 2.16. The third kappa shape index (κ3) is 1.61. The van der Waals surface area contributed by atoms with Gasteiger partial charge in [0.25, 0.3) is 5.78 Å². The summed E-state index contributed by atoms with van der Waals surface area (Å²) in [4.78, 5) is 8.62. The maximum Gasteiger partial charge on any atom is 0.252 e. The van der Waals surface area contributed by atoms with Gasteiger partial charge in [-0.1, -0.05) is 6.92 Å². The first-order valence-electron chi connectivity index (χ1n) is 6.46. The summed E-state index contributed by atoms with van der Waals surface area (Å²) in [5.74, 6) is 2.91. The van der Waals surface area contributed by atoms with E-state index in [1.807, 2.05) is 31.2 Å². The lowest BCUT2D eigenvalue weighted by molar-refractivity contribution is 0.174. The first-order valence-corrected chi connectivity index (χ1v) is 6.46. The molecule has 0 radical (unpaired) electrons. The largest absolute Gasteiger partial charge is 0.454 e. The van der Waals surface area contributed by atoms with Crippen LogP contribution in [0.15, 0.2) is 30.5 Å². The van der Waals surface area contributed by atoms with Crippen molar-refractivity contribution in [3.63, 3.8) is 0 Å². The van der Waals surface area contributed by atoms with Gasteiger partial charge in [-0.2, -0.15) is 9.50 Å². The molecule has 3 heterocycles. The SMILES string of the molecule is CCc1nc2nccc(-c3ccc4c(c3)OCO4)n2n1. The molecule has 1 aromatic carbocycles. The smallest absolute Gasteiger partial charge is 0.252 e. The van der Waals surface area contributed by atoms with Crippen molar-refractivity contribution in [2.75, 3.05) is 6.79 Å². The van der Waals surface area contributed by atoms with Crippen LogP contribution in [0.5, 0.6) is 11.5 Å². The van der Waals surface area contributed by atoms with Crippen molar-refractivity contribution < 1.29 is 9.47 Å². The topological polar surface area (TPSA) is 61.5 Å². The molecule has 0 spiro atoms. The number of nitrogens with zero attached hydrogens (tertiary/aromatic N) is 4. The highest BCUT2D eigenvalue weighted by atomic mass is 16.7. The fraction of sp³-hybridized carbons (Fsp3) is 0.214. The van der Waals surface area contributed by atoms with Gasteiger partial charge in [-0.3, -0.25) is 0 Å². The summed E-state index contributed by atoms with van der Waals surface area (Å²) >= 11 is 0. The fourth-order valence-electron chi connectivity index (χ4n) is 2.26. The summed E-state index contributed by atoms with van der Waals surface area (Å²) in [6.45, 7) is 2.29. The minimum atomic E-state index is 0.272. The molecule has 0 saturated carbocycles. The Morgan fingerprint density at radius 2 is 2.10 bits per heavy atom. The third-order valence-electron chi connectivity index (χ3n) is 3.27. The molecular formula is C14H12N4O2. The van der Waals surface area contributed by atoms with E-state index in [9.17, 15) is 0 Å². The number of benzene rings is 1. The first kappa shape index (κ1) is 11.2. The second kappa shape index (κ2) is 4.19. The van der Waals surface area contributed by atoms with Gasteiger partial charge in [-0.05, 0) is 24.3 Å². The molecule has 4 rings (SSSR count). The summed E-state index contributed by atoms with van der Waals surface area (Å²) in [6.07, 6.45) is 2.52. The molecule has 6 nitrogen and oxygen atoms in total. The summed E-state index contributed by atoms with van der Waals surface area (Å²) in [5.41, 5.74) is 1.93. The number of aryl methyl sites for hydroxylation is 1. The molecule has 0 atom stereocenters. The summed E-state index contributed by atoms with van der Waals surface area (Å²) in [5, 5.41) is 4.47. The number of hydrogen-bond donors (Lipinski definition) is 0. The average molecular weight is 268 g/mol. The van der Waals surface area contributed by atoms with Gasteiger partial charge in [0.15, 0.2) is 17.3 Å². The van der Waals surface area contributed by atoms with Gasteiger partial charge in [-0.15, -0.1) is 5.10 Å². The van der Waals surface area contributed by atoms with Crippen LogP contribution < -0.4 is 9.47 Å². The van der Waals surface area contributed by atoms with Crippen molar-refractivity contribution in [2.45, 2.75) is 13.3 Å². The minimum absolute atomic E-state index is 0.272. The Bertz CT molecular complexity index is 797. The van der Waals surface area contributed by atoms with Gasteiger partial charge in [0.1, 0.15) is 0 Å². The molecule has 0 saturated heterocycles. The quantitative estimate of drug-likeness (QED) is 0.712. The van der Waals surface area contributed by atoms with E-state index in [1.165, 1.54) is 0 Å². The Labute approximate surface area is 115 Å². The van der Waals surface area contributed by atoms with Crippen molar-refractivity contribution in [2.24, 2.45) is 0 Å². The molecule has 2 aromatic heterocycles. The van der Waals surface area contributed by atoms with Crippen LogP contribution in [0.3, 0.4) is 0 Å². The summed E-state index contributed by atoms with van der Waals surface area (Å²) in [6, 6.07) is 7.75. The Kier molecular flexibility index (Phi) is 2.35.